The molecule has 2 aromatic rings. The first-order valence-electron chi connectivity index (χ1n) is 6.05. The molecule has 21 heavy (non-hydrogen) atoms. The van der Waals surface area contributed by atoms with Crippen LogP contribution in [0.5, 0.6) is 0 Å². The molecule has 4 nitrogen and oxygen atoms in total. The Hall–Kier alpha value is -0.410. The van der Waals surface area contributed by atoms with E-state index >= 15 is 0 Å². The standard InChI is InChI=1S/C13H14Br2N2O2S2/c1-8-13(6-10(20-8)7-16-2)21(18,19)17-12-4-3-9(14)5-11(12)15/h3-6,16-17H,7H2,1-2H3. The molecular weight excluding hydrogens is 440 g/mol. The van der Waals surface area contributed by atoms with Gasteiger partial charge in [0.1, 0.15) is 4.90 Å². The minimum atomic E-state index is -3.59. The van der Waals surface area contributed by atoms with E-state index in [2.05, 4.69) is 41.9 Å². The van der Waals surface area contributed by atoms with Crippen LogP contribution in [0.1, 0.15) is 9.75 Å². The summed E-state index contributed by atoms with van der Waals surface area (Å²) in [5.74, 6) is 0. The Bertz CT molecular complexity index is 758. The molecule has 0 saturated carbocycles. The summed E-state index contributed by atoms with van der Waals surface area (Å²) in [6.07, 6.45) is 0. The number of sulfonamides is 1. The summed E-state index contributed by atoms with van der Waals surface area (Å²) in [6, 6.07) is 7.01. The molecule has 0 spiro atoms. The van der Waals surface area contributed by atoms with Gasteiger partial charge in [-0.25, -0.2) is 8.42 Å². The van der Waals surface area contributed by atoms with Gasteiger partial charge in [0.2, 0.25) is 0 Å². The van der Waals surface area contributed by atoms with Crippen LogP contribution < -0.4 is 10.0 Å². The van der Waals surface area contributed by atoms with Crippen LogP contribution in [0.25, 0.3) is 0 Å². The molecule has 8 heteroatoms. The number of halogens is 2. The van der Waals surface area contributed by atoms with Gasteiger partial charge in [0, 0.05) is 25.2 Å². The number of benzene rings is 1. The van der Waals surface area contributed by atoms with Crippen LogP contribution in [0.3, 0.4) is 0 Å². The van der Waals surface area contributed by atoms with Crippen molar-refractivity contribution in [3.63, 3.8) is 0 Å². The van der Waals surface area contributed by atoms with Crippen LogP contribution >= 0.6 is 43.2 Å². The van der Waals surface area contributed by atoms with Gasteiger partial charge >= 0.3 is 0 Å². The normalized spacial score (nSPS) is 11.6. The van der Waals surface area contributed by atoms with E-state index in [-0.39, 0.29) is 0 Å². The van der Waals surface area contributed by atoms with E-state index in [1.807, 2.05) is 14.0 Å². The second-order valence-electron chi connectivity index (χ2n) is 4.39. The molecule has 1 heterocycles. The summed E-state index contributed by atoms with van der Waals surface area (Å²) in [5.41, 5.74) is 0.513. The van der Waals surface area contributed by atoms with E-state index in [0.29, 0.717) is 21.6 Å². The van der Waals surface area contributed by atoms with Gasteiger partial charge in [-0.1, -0.05) is 15.9 Å². The quantitative estimate of drug-likeness (QED) is 0.716. The van der Waals surface area contributed by atoms with Gasteiger partial charge in [0.15, 0.2) is 0 Å². The van der Waals surface area contributed by atoms with E-state index in [9.17, 15) is 8.42 Å². The van der Waals surface area contributed by atoms with Gasteiger partial charge in [0.25, 0.3) is 10.0 Å². The minimum Gasteiger partial charge on any atom is -0.315 e. The van der Waals surface area contributed by atoms with Crippen LogP contribution in [-0.2, 0) is 16.6 Å². The van der Waals surface area contributed by atoms with Crippen LogP contribution in [0.4, 0.5) is 5.69 Å². The molecule has 2 N–H and O–H groups in total. The molecular formula is C13H14Br2N2O2S2. The molecule has 0 aliphatic carbocycles. The maximum absolute atomic E-state index is 12.5. The van der Waals surface area contributed by atoms with Crippen LogP contribution in [0.15, 0.2) is 38.1 Å². The number of nitrogens with one attached hydrogen (secondary N) is 2. The zero-order valence-electron chi connectivity index (χ0n) is 11.4. The molecule has 0 aliphatic rings. The van der Waals surface area contributed by atoms with E-state index in [1.54, 1.807) is 24.3 Å². The first-order chi connectivity index (χ1) is 9.83. The zero-order valence-corrected chi connectivity index (χ0v) is 16.2. The van der Waals surface area contributed by atoms with Crippen molar-refractivity contribution in [2.45, 2.75) is 18.4 Å². The Morgan fingerprint density at radius 1 is 1.24 bits per heavy atom. The van der Waals surface area contributed by atoms with Gasteiger partial charge in [-0.15, -0.1) is 11.3 Å². The highest BCUT2D eigenvalue weighted by Gasteiger charge is 2.20. The molecule has 0 atom stereocenters. The number of anilines is 1. The Morgan fingerprint density at radius 2 is 1.95 bits per heavy atom. The first kappa shape index (κ1) is 17.0. The van der Waals surface area contributed by atoms with Gasteiger partial charge in [0.05, 0.1) is 5.69 Å². The lowest BCUT2D eigenvalue weighted by atomic mass is 10.3. The molecule has 2 rings (SSSR count). The molecule has 0 amide bonds. The molecule has 0 unspecified atom stereocenters. The fraction of sp³-hybridized carbons (Fsp3) is 0.231. The topological polar surface area (TPSA) is 58.2 Å². The van der Waals surface area contributed by atoms with Gasteiger partial charge < -0.3 is 5.32 Å². The molecule has 0 bridgehead atoms. The Labute approximate surface area is 145 Å². The second kappa shape index (κ2) is 6.78. The molecule has 0 saturated heterocycles. The fourth-order valence-corrected chi connectivity index (χ4v) is 5.83. The summed E-state index contributed by atoms with van der Waals surface area (Å²) in [6.45, 7) is 2.47. The average Bonchev–Trinajstić information content (AvgIpc) is 2.75. The number of thiophene rings is 1. The van der Waals surface area contributed by atoms with E-state index in [1.165, 1.54) is 11.3 Å². The zero-order chi connectivity index (χ0) is 15.6. The van der Waals surface area contributed by atoms with Crippen LogP contribution in [-0.4, -0.2) is 15.5 Å². The number of aryl methyl sites for hydroxylation is 1. The van der Waals surface area contributed by atoms with Crippen molar-refractivity contribution in [3.8, 4) is 0 Å². The van der Waals surface area contributed by atoms with Gasteiger partial charge in [-0.3, -0.25) is 4.72 Å². The highest BCUT2D eigenvalue weighted by atomic mass is 79.9. The number of hydrogen-bond acceptors (Lipinski definition) is 4. The highest BCUT2D eigenvalue weighted by molar-refractivity contribution is 9.11. The Kier molecular flexibility index (Phi) is 5.48. The average molecular weight is 454 g/mol. The van der Waals surface area contributed by atoms with Crippen molar-refractivity contribution in [1.29, 1.82) is 0 Å². The van der Waals surface area contributed by atoms with E-state index in [0.717, 1.165) is 14.2 Å². The highest BCUT2D eigenvalue weighted by Crippen LogP contribution is 2.31. The molecule has 0 fully saturated rings. The molecule has 114 valence electrons. The summed E-state index contributed by atoms with van der Waals surface area (Å²) in [7, 11) is -1.76. The minimum absolute atomic E-state index is 0.326. The molecule has 1 aromatic heterocycles. The van der Waals surface area contributed by atoms with Gasteiger partial charge in [-0.05, 0) is 54.2 Å². The number of rotatable bonds is 5. The SMILES string of the molecule is CNCc1cc(S(=O)(=O)Nc2ccc(Br)cc2Br)c(C)s1. The maximum atomic E-state index is 12.5. The van der Waals surface area contributed by atoms with E-state index < -0.39 is 10.0 Å². The third-order valence-corrected chi connectivity index (χ3v) is 6.56. The lowest BCUT2D eigenvalue weighted by molar-refractivity contribution is 0.601. The summed E-state index contributed by atoms with van der Waals surface area (Å²) < 4.78 is 29.2. The Balaban J connectivity index is 2.34. The smallest absolute Gasteiger partial charge is 0.263 e. The summed E-state index contributed by atoms with van der Waals surface area (Å²) >= 11 is 8.18. The third-order valence-electron chi connectivity index (χ3n) is 2.74. The largest absolute Gasteiger partial charge is 0.315 e. The lowest BCUT2D eigenvalue weighted by Gasteiger charge is -2.09. The van der Waals surface area contributed by atoms with Crippen molar-refractivity contribution >= 4 is 58.9 Å². The second-order valence-corrected chi connectivity index (χ2v) is 9.15. The van der Waals surface area contributed by atoms with Crippen molar-refractivity contribution in [2.24, 2.45) is 0 Å². The monoisotopic (exact) mass is 452 g/mol. The lowest BCUT2D eigenvalue weighted by Crippen LogP contribution is -2.13. The van der Waals surface area contributed by atoms with Crippen molar-refractivity contribution in [2.75, 3.05) is 11.8 Å². The van der Waals surface area contributed by atoms with Crippen molar-refractivity contribution < 1.29 is 8.42 Å². The molecule has 0 radical (unpaired) electrons. The fourth-order valence-electron chi connectivity index (χ4n) is 1.82. The third kappa shape index (κ3) is 4.07. The van der Waals surface area contributed by atoms with Crippen LogP contribution in [0, 0.1) is 6.92 Å². The van der Waals surface area contributed by atoms with E-state index in [4.69, 9.17) is 0 Å². The van der Waals surface area contributed by atoms with Crippen LogP contribution in [0.2, 0.25) is 0 Å². The summed E-state index contributed by atoms with van der Waals surface area (Å²) in [4.78, 5) is 2.10. The predicted octanol–water partition coefficient (Wildman–Crippen LogP) is 4.10. The predicted molar refractivity (Wildman–Crippen MR) is 94.5 cm³/mol. The van der Waals surface area contributed by atoms with Crippen molar-refractivity contribution in [3.05, 3.63) is 43.0 Å². The number of hydrogen-bond donors (Lipinski definition) is 2. The molecule has 0 aliphatic heterocycles. The Morgan fingerprint density at radius 3 is 2.57 bits per heavy atom. The maximum Gasteiger partial charge on any atom is 0.263 e. The summed E-state index contributed by atoms with van der Waals surface area (Å²) in [5, 5.41) is 3.02. The van der Waals surface area contributed by atoms with Gasteiger partial charge in [-0.2, -0.15) is 0 Å². The van der Waals surface area contributed by atoms with Crippen molar-refractivity contribution in [1.82, 2.24) is 5.32 Å². The first-order valence-corrected chi connectivity index (χ1v) is 9.94. The molecule has 1 aromatic carbocycles.